The monoisotopic (exact) mass is 325 g/mol. The maximum atomic E-state index is 12.1. The van der Waals surface area contributed by atoms with Crippen molar-refractivity contribution in [3.8, 4) is 0 Å². The van der Waals surface area contributed by atoms with Crippen LogP contribution in [0, 0.1) is 18.8 Å². The van der Waals surface area contributed by atoms with Crippen LogP contribution in [0.2, 0.25) is 0 Å². The van der Waals surface area contributed by atoms with Gasteiger partial charge in [0, 0.05) is 24.4 Å². The zero-order valence-corrected chi connectivity index (χ0v) is 14.5. The van der Waals surface area contributed by atoms with Crippen molar-refractivity contribution in [3.05, 3.63) is 16.1 Å². The normalized spacial score (nSPS) is 18.6. The summed E-state index contributed by atoms with van der Waals surface area (Å²) in [7, 11) is 0. The smallest absolute Gasteiger partial charge is 0.223 e. The van der Waals surface area contributed by atoms with E-state index in [9.17, 15) is 9.90 Å². The number of aliphatic hydroxyl groups excluding tert-OH is 1. The lowest BCUT2D eigenvalue weighted by atomic mass is 9.95. The standard InChI is InChI=1S/C16H27N3O2S/c1-11(2)15(20)8-17-16(21)13-4-6-19(7-5-13)9-14-10-22-12(3)18-14/h10-11,13,15,20H,4-9H2,1-3H3,(H,17,21). The van der Waals surface area contributed by atoms with E-state index >= 15 is 0 Å². The first-order chi connectivity index (χ1) is 10.5. The Kier molecular flexibility index (Phi) is 6.35. The molecule has 6 heteroatoms. The molecule has 22 heavy (non-hydrogen) atoms. The topological polar surface area (TPSA) is 65.5 Å². The van der Waals surface area contributed by atoms with Gasteiger partial charge in [-0.3, -0.25) is 9.69 Å². The van der Waals surface area contributed by atoms with Gasteiger partial charge >= 0.3 is 0 Å². The second-order valence-corrected chi connectivity index (χ2v) is 7.53. The predicted molar refractivity (Wildman–Crippen MR) is 88.7 cm³/mol. The molecule has 1 aromatic rings. The van der Waals surface area contributed by atoms with E-state index in [1.165, 1.54) is 0 Å². The van der Waals surface area contributed by atoms with Crippen LogP contribution in [0.25, 0.3) is 0 Å². The van der Waals surface area contributed by atoms with Gasteiger partial charge in [-0.1, -0.05) is 13.8 Å². The van der Waals surface area contributed by atoms with Crippen LogP contribution in [0.5, 0.6) is 0 Å². The molecule has 0 bridgehead atoms. The number of aryl methyl sites for hydroxylation is 1. The van der Waals surface area contributed by atoms with Gasteiger partial charge in [0.1, 0.15) is 0 Å². The van der Waals surface area contributed by atoms with E-state index in [-0.39, 0.29) is 17.7 Å². The molecule has 1 aliphatic rings. The fourth-order valence-electron chi connectivity index (χ4n) is 2.65. The second-order valence-electron chi connectivity index (χ2n) is 6.46. The molecule has 124 valence electrons. The average Bonchev–Trinajstić information content (AvgIpc) is 2.90. The van der Waals surface area contributed by atoms with Gasteiger partial charge in [0.25, 0.3) is 0 Å². The fourth-order valence-corrected chi connectivity index (χ4v) is 3.25. The molecule has 1 unspecified atom stereocenters. The number of nitrogens with one attached hydrogen (secondary N) is 1. The van der Waals surface area contributed by atoms with Crippen LogP contribution in [-0.4, -0.2) is 46.6 Å². The van der Waals surface area contributed by atoms with E-state index < -0.39 is 6.10 Å². The molecular weight excluding hydrogens is 298 g/mol. The molecule has 1 aromatic heterocycles. The quantitative estimate of drug-likeness (QED) is 0.837. The first-order valence-corrected chi connectivity index (χ1v) is 8.92. The number of aliphatic hydroxyl groups is 1. The highest BCUT2D eigenvalue weighted by Gasteiger charge is 2.25. The SMILES string of the molecule is Cc1nc(CN2CCC(C(=O)NCC(O)C(C)C)CC2)cs1. The van der Waals surface area contributed by atoms with Crippen LogP contribution in [0.1, 0.15) is 37.4 Å². The van der Waals surface area contributed by atoms with Gasteiger partial charge in [-0.15, -0.1) is 11.3 Å². The highest BCUT2D eigenvalue weighted by atomic mass is 32.1. The first kappa shape index (κ1) is 17.4. The number of hydrogen-bond donors (Lipinski definition) is 2. The Morgan fingerprint density at radius 1 is 1.50 bits per heavy atom. The fraction of sp³-hybridized carbons (Fsp3) is 0.750. The first-order valence-electron chi connectivity index (χ1n) is 8.05. The lowest BCUT2D eigenvalue weighted by Gasteiger charge is -2.31. The van der Waals surface area contributed by atoms with E-state index in [4.69, 9.17) is 0 Å². The molecule has 2 heterocycles. The molecule has 0 aliphatic carbocycles. The lowest BCUT2D eigenvalue weighted by molar-refractivity contribution is -0.127. The molecule has 1 aliphatic heterocycles. The number of carbonyl (C=O) groups excluding carboxylic acids is 1. The number of thiazole rings is 1. The number of nitrogens with zero attached hydrogens (tertiary/aromatic N) is 2. The summed E-state index contributed by atoms with van der Waals surface area (Å²) in [5, 5.41) is 15.9. The van der Waals surface area contributed by atoms with Gasteiger partial charge in [-0.25, -0.2) is 4.98 Å². The maximum absolute atomic E-state index is 12.1. The Bertz CT molecular complexity index is 481. The van der Waals surface area contributed by atoms with Crippen molar-refractivity contribution in [2.24, 2.45) is 11.8 Å². The molecule has 0 radical (unpaired) electrons. The van der Waals surface area contributed by atoms with Crippen molar-refractivity contribution in [2.75, 3.05) is 19.6 Å². The van der Waals surface area contributed by atoms with Gasteiger partial charge in [0.2, 0.25) is 5.91 Å². The number of aromatic nitrogens is 1. The zero-order valence-electron chi connectivity index (χ0n) is 13.7. The summed E-state index contributed by atoms with van der Waals surface area (Å²) in [4.78, 5) is 19.0. The summed E-state index contributed by atoms with van der Waals surface area (Å²) in [6.45, 7) is 9.03. The minimum absolute atomic E-state index is 0.0767. The van der Waals surface area contributed by atoms with Crippen molar-refractivity contribution in [2.45, 2.75) is 46.3 Å². The minimum atomic E-state index is -0.461. The van der Waals surface area contributed by atoms with Crippen molar-refractivity contribution in [3.63, 3.8) is 0 Å². The molecule has 5 nitrogen and oxygen atoms in total. The number of rotatable bonds is 6. The van der Waals surface area contributed by atoms with Crippen molar-refractivity contribution in [1.82, 2.24) is 15.2 Å². The third-order valence-electron chi connectivity index (χ3n) is 4.27. The molecule has 1 atom stereocenters. The number of likely N-dealkylation sites (tertiary alicyclic amines) is 1. The molecule has 1 fully saturated rings. The van der Waals surface area contributed by atoms with Gasteiger partial charge in [0.15, 0.2) is 0 Å². The molecule has 1 amide bonds. The Morgan fingerprint density at radius 3 is 2.73 bits per heavy atom. The van der Waals surface area contributed by atoms with Gasteiger partial charge in [0.05, 0.1) is 16.8 Å². The summed E-state index contributed by atoms with van der Waals surface area (Å²) in [6, 6.07) is 0. The minimum Gasteiger partial charge on any atom is -0.391 e. The average molecular weight is 325 g/mol. The molecule has 2 N–H and O–H groups in total. The highest BCUT2D eigenvalue weighted by Crippen LogP contribution is 2.20. The Balaban J connectivity index is 1.71. The number of hydrogen-bond acceptors (Lipinski definition) is 5. The molecule has 0 spiro atoms. The third-order valence-corrected chi connectivity index (χ3v) is 5.09. The number of amides is 1. The third kappa shape index (κ3) is 5.04. The van der Waals surface area contributed by atoms with E-state index in [0.29, 0.717) is 6.54 Å². The Hall–Kier alpha value is -0.980. The van der Waals surface area contributed by atoms with Crippen LogP contribution in [0.3, 0.4) is 0 Å². The summed E-state index contributed by atoms with van der Waals surface area (Å²) < 4.78 is 0. The van der Waals surface area contributed by atoms with Crippen LogP contribution in [0.4, 0.5) is 0 Å². The van der Waals surface area contributed by atoms with Crippen LogP contribution < -0.4 is 5.32 Å². The number of carbonyl (C=O) groups is 1. The summed E-state index contributed by atoms with van der Waals surface area (Å²) in [5.74, 6) is 0.334. The van der Waals surface area contributed by atoms with E-state index in [1.54, 1.807) is 11.3 Å². The summed E-state index contributed by atoms with van der Waals surface area (Å²) >= 11 is 1.68. The van der Waals surface area contributed by atoms with E-state index in [1.807, 2.05) is 20.8 Å². The second kappa shape index (κ2) is 8.04. The molecular formula is C16H27N3O2S. The zero-order chi connectivity index (χ0) is 16.1. The van der Waals surface area contributed by atoms with Gasteiger partial charge < -0.3 is 10.4 Å². The molecule has 2 rings (SSSR count). The molecule has 1 saturated heterocycles. The van der Waals surface area contributed by atoms with Crippen molar-refractivity contribution >= 4 is 17.2 Å². The largest absolute Gasteiger partial charge is 0.391 e. The summed E-state index contributed by atoms with van der Waals surface area (Å²) in [6.07, 6.45) is 1.30. The highest BCUT2D eigenvalue weighted by molar-refractivity contribution is 7.09. The van der Waals surface area contributed by atoms with Crippen molar-refractivity contribution < 1.29 is 9.90 Å². The van der Waals surface area contributed by atoms with Gasteiger partial charge in [-0.05, 0) is 38.8 Å². The van der Waals surface area contributed by atoms with Crippen LogP contribution in [0.15, 0.2) is 5.38 Å². The van der Waals surface area contributed by atoms with E-state index in [2.05, 4.69) is 20.6 Å². The van der Waals surface area contributed by atoms with E-state index in [0.717, 1.165) is 43.2 Å². The lowest BCUT2D eigenvalue weighted by Crippen LogP contribution is -2.43. The number of piperidine rings is 1. The summed E-state index contributed by atoms with van der Waals surface area (Å²) in [5.41, 5.74) is 1.13. The molecule has 0 saturated carbocycles. The van der Waals surface area contributed by atoms with Gasteiger partial charge in [-0.2, -0.15) is 0 Å². The molecule has 0 aromatic carbocycles. The Morgan fingerprint density at radius 2 is 2.18 bits per heavy atom. The van der Waals surface area contributed by atoms with Crippen molar-refractivity contribution in [1.29, 1.82) is 0 Å². The Labute approximate surface area is 136 Å². The van der Waals surface area contributed by atoms with Crippen LogP contribution >= 0.6 is 11.3 Å². The predicted octanol–water partition coefficient (Wildman–Crippen LogP) is 1.80. The maximum Gasteiger partial charge on any atom is 0.223 e. The van der Waals surface area contributed by atoms with Crippen LogP contribution in [-0.2, 0) is 11.3 Å².